The van der Waals surface area contributed by atoms with Crippen molar-refractivity contribution in [2.45, 2.75) is 70.1 Å². The van der Waals surface area contributed by atoms with Gasteiger partial charge >= 0.3 is 5.97 Å². The molecule has 0 aliphatic rings. The van der Waals surface area contributed by atoms with Gasteiger partial charge in [-0.15, -0.1) is 0 Å². The van der Waals surface area contributed by atoms with Gasteiger partial charge in [0.15, 0.2) is 5.96 Å². The van der Waals surface area contributed by atoms with Crippen LogP contribution in [0, 0.1) is 5.92 Å². The predicted molar refractivity (Wildman–Crippen MR) is 145 cm³/mol. The van der Waals surface area contributed by atoms with Gasteiger partial charge in [0, 0.05) is 13.0 Å². The highest BCUT2D eigenvalue weighted by molar-refractivity contribution is 5.96. The van der Waals surface area contributed by atoms with Crippen LogP contribution in [0.3, 0.4) is 0 Å². The SMILES string of the molecule is CCC(C)C(N)C(=O)NC(CC(N)=O)C(=O)NC(Cc1ccccc1)C(=O)NC(CCCN=C(N)N)C(=O)O. The smallest absolute Gasteiger partial charge is 0.326 e. The lowest BCUT2D eigenvalue weighted by Gasteiger charge is -2.25. The summed E-state index contributed by atoms with van der Waals surface area (Å²) in [5.41, 5.74) is 22.5. The van der Waals surface area contributed by atoms with Crippen molar-refractivity contribution in [3.05, 3.63) is 35.9 Å². The van der Waals surface area contributed by atoms with E-state index in [9.17, 15) is 29.1 Å². The molecule has 0 fully saturated rings. The maximum Gasteiger partial charge on any atom is 0.326 e. The minimum atomic E-state index is -1.40. The predicted octanol–water partition coefficient (Wildman–Crippen LogP) is -1.93. The number of amides is 4. The van der Waals surface area contributed by atoms with Gasteiger partial charge in [-0.1, -0.05) is 50.6 Å². The molecule has 0 heterocycles. The number of carbonyl (C=O) groups is 5. The lowest BCUT2D eigenvalue weighted by Crippen LogP contribution is -2.58. The minimum Gasteiger partial charge on any atom is -0.480 e. The van der Waals surface area contributed by atoms with E-state index in [1.54, 1.807) is 37.3 Å². The van der Waals surface area contributed by atoms with Gasteiger partial charge in [0.05, 0.1) is 12.5 Å². The Morgan fingerprint density at radius 3 is 2.00 bits per heavy atom. The van der Waals surface area contributed by atoms with Gasteiger partial charge in [-0.2, -0.15) is 0 Å². The molecule has 1 rings (SSSR count). The summed E-state index contributed by atoms with van der Waals surface area (Å²) in [6.07, 6.45) is 0.373. The molecule has 5 atom stereocenters. The summed E-state index contributed by atoms with van der Waals surface area (Å²) in [5, 5.41) is 17.0. The first-order valence-electron chi connectivity index (χ1n) is 12.6. The van der Waals surface area contributed by atoms with Gasteiger partial charge in [-0.3, -0.25) is 24.2 Å². The molecule has 14 nitrogen and oxygen atoms in total. The van der Waals surface area contributed by atoms with Crippen LogP contribution in [0.5, 0.6) is 0 Å². The number of carbonyl (C=O) groups excluding carboxylic acids is 4. The molecule has 0 saturated carbocycles. The third-order valence-electron chi connectivity index (χ3n) is 6.07. The van der Waals surface area contributed by atoms with Gasteiger partial charge in [0.2, 0.25) is 23.6 Å². The molecule has 0 aromatic heterocycles. The summed E-state index contributed by atoms with van der Waals surface area (Å²) in [5.74, 6) is -4.75. The molecule has 1 aromatic carbocycles. The largest absolute Gasteiger partial charge is 0.480 e. The monoisotopic (exact) mass is 548 g/mol. The molecule has 12 N–H and O–H groups in total. The van der Waals surface area contributed by atoms with E-state index in [0.29, 0.717) is 12.0 Å². The van der Waals surface area contributed by atoms with Crippen LogP contribution in [0.15, 0.2) is 35.3 Å². The van der Waals surface area contributed by atoms with Crippen molar-refractivity contribution in [1.82, 2.24) is 16.0 Å². The van der Waals surface area contributed by atoms with Crippen molar-refractivity contribution in [3.63, 3.8) is 0 Å². The number of aliphatic carboxylic acids is 1. The highest BCUT2D eigenvalue weighted by Gasteiger charge is 2.32. The number of carboxylic acids is 1. The number of primary amides is 1. The van der Waals surface area contributed by atoms with E-state index in [1.165, 1.54) is 0 Å². The summed E-state index contributed by atoms with van der Waals surface area (Å²) in [7, 11) is 0. The van der Waals surface area contributed by atoms with Gasteiger partial charge in [-0.25, -0.2) is 4.79 Å². The Kier molecular flexibility index (Phi) is 14.0. The Morgan fingerprint density at radius 1 is 0.897 bits per heavy atom. The van der Waals surface area contributed by atoms with Crippen molar-refractivity contribution < 1.29 is 29.1 Å². The van der Waals surface area contributed by atoms with E-state index < -0.39 is 60.2 Å². The number of hydrogen-bond acceptors (Lipinski definition) is 7. The fourth-order valence-electron chi connectivity index (χ4n) is 3.56. The van der Waals surface area contributed by atoms with Crippen LogP contribution in [0.4, 0.5) is 0 Å². The van der Waals surface area contributed by atoms with Crippen molar-refractivity contribution in [3.8, 4) is 0 Å². The second kappa shape index (κ2) is 16.6. The molecule has 0 spiro atoms. The normalized spacial score (nSPS) is 14.5. The number of nitrogens with two attached hydrogens (primary N) is 4. The molecule has 0 saturated heterocycles. The van der Waals surface area contributed by atoms with Crippen molar-refractivity contribution in [2.75, 3.05) is 6.54 Å². The van der Waals surface area contributed by atoms with Crippen LogP contribution < -0.4 is 38.9 Å². The number of carboxylic acid groups (broad SMARTS) is 1. The highest BCUT2D eigenvalue weighted by atomic mass is 16.4. The Hall–Kier alpha value is -4.20. The molecule has 4 amide bonds. The Morgan fingerprint density at radius 2 is 1.46 bits per heavy atom. The Labute approximate surface area is 227 Å². The Balaban J connectivity index is 3.11. The second-order valence-electron chi connectivity index (χ2n) is 9.24. The van der Waals surface area contributed by atoms with E-state index in [2.05, 4.69) is 20.9 Å². The third-order valence-corrected chi connectivity index (χ3v) is 6.07. The van der Waals surface area contributed by atoms with Gasteiger partial charge in [0.1, 0.15) is 18.1 Å². The summed E-state index contributed by atoms with van der Waals surface area (Å²) >= 11 is 0. The lowest BCUT2D eigenvalue weighted by atomic mass is 9.98. The summed E-state index contributed by atoms with van der Waals surface area (Å²) < 4.78 is 0. The zero-order chi connectivity index (χ0) is 29.5. The molecule has 216 valence electrons. The molecule has 39 heavy (non-hydrogen) atoms. The number of nitrogens with zero attached hydrogens (tertiary/aromatic N) is 1. The van der Waals surface area contributed by atoms with Gasteiger partial charge < -0.3 is 44.0 Å². The zero-order valence-electron chi connectivity index (χ0n) is 22.3. The first kappa shape index (κ1) is 32.8. The quantitative estimate of drug-likeness (QED) is 0.0611. The standard InChI is InChI=1S/C25H40N8O6/c1-3-14(2)20(27)23(37)33-18(13-19(26)34)22(36)32-17(12-15-8-5-4-6-9-15)21(35)31-16(24(38)39)10-7-11-30-25(28)29/h4-6,8-9,14,16-18,20H,3,7,10-13,27H2,1-2H3,(H2,26,34)(H,31,35)(H,32,36)(H,33,37)(H,38,39)(H4,28,29,30). The van der Waals surface area contributed by atoms with Crippen LogP contribution in [-0.4, -0.2) is 71.4 Å². The van der Waals surface area contributed by atoms with Gasteiger partial charge in [0.25, 0.3) is 0 Å². The fourth-order valence-corrected chi connectivity index (χ4v) is 3.56. The number of aliphatic imine (C=N–C) groups is 1. The Bertz CT molecular complexity index is 1020. The first-order chi connectivity index (χ1) is 18.3. The van der Waals surface area contributed by atoms with E-state index in [0.717, 1.165) is 0 Å². The molecule has 0 aliphatic carbocycles. The molecule has 1 aromatic rings. The van der Waals surface area contributed by atoms with Crippen molar-refractivity contribution >= 4 is 35.6 Å². The minimum absolute atomic E-state index is 0.00235. The number of nitrogens with one attached hydrogen (secondary N) is 3. The van der Waals surface area contributed by atoms with Crippen LogP contribution in [0.2, 0.25) is 0 Å². The van der Waals surface area contributed by atoms with Crippen molar-refractivity contribution in [1.29, 1.82) is 0 Å². The molecular weight excluding hydrogens is 508 g/mol. The van der Waals surface area contributed by atoms with Crippen LogP contribution in [0.1, 0.15) is 45.1 Å². The number of benzene rings is 1. The van der Waals surface area contributed by atoms with Crippen LogP contribution in [0.25, 0.3) is 0 Å². The average Bonchev–Trinajstić information content (AvgIpc) is 2.88. The average molecular weight is 549 g/mol. The number of rotatable bonds is 17. The second-order valence-corrected chi connectivity index (χ2v) is 9.24. The topological polar surface area (TPSA) is 258 Å². The molecule has 0 bridgehead atoms. The first-order valence-corrected chi connectivity index (χ1v) is 12.6. The lowest BCUT2D eigenvalue weighted by molar-refractivity contribution is -0.142. The molecule has 14 heteroatoms. The van der Waals surface area contributed by atoms with Crippen molar-refractivity contribution in [2.24, 2.45) is 33.8 Å². The fraction of sp³-hybridized carbons (Fsp3) is 0.520. The molecule has 0 aliphatic heterocycles. The van der Waals surface area contributed by atoms with E-state index in [-0.39, 0.29) is 37.7 Å². The third kappa shape index (κ3) is 12.3. The highest BCUT2D eigenvalue weighted by Crippen LogP contribution is 2.08. The van der Waals surface area contributed by atoms with Crippen LogP contribution >= 0.6 is 0 Å². The maximum atomic E-state index is 13.2. The summed E-state index contributed by atoms with van der Waals surface area (Å²) in [6, 6.07) is 3.85. The molecular formula is C25H40N8O6. The molecule has 5 unspecified atom stereocenters. The summed E-state index contributed by atoms with van der Waals surface area (Å²) in [6.45, 7) is 3.78. The van der Waals surface area contributed by atoms with E-state index in [1.807, 2.05) is 6.92 Å². The number of hydrogen-bond donors (Lipinski definition) is 8. The molecule has 0 radical (unpaired) electrons. The van der Waals surface area contributed by atoms with Gasteiger partial charge in [-0.05, 0) is 24.3 Å². The summed E-state index contributed by atoms with van der Waals surface area (Å²) in [4.78, 5) is 66.1. The maximum absolute atomic E-state index is 13.2. The number of guanidine groups is 1. The zero-order valence-corrected chi connectivity index (χ0v) is 22.3. The van der Waals surface area contributed by atoms with E-state index in [4.69, 9.17) is 22.9 Å². The van der Waals surface area contributed by atoms with E-state index >= 15 is 0 Å². The van der Waals surface area contributed by atoms with Crippen LogP contribution in [-0.2, 0) is 30.4 Å².